The molecule has 0 spiro atoms. The zero-order chi connectivity index (χ0) is 22.5. The number of halogens is 3. The molecule has 0 aromatic heterocycles. The van der Waals surface area contributed by atoms with Gasteiger partial charge in [-0.1, -0.05) is 20.8 Å². The molecule has 0 bridgehead atoms. The van der Waals surface area contributed by atoms with Crippen LogP contribution in [0, 0.1) is 5.41 Å². The minimum absolute atomic E-state index is 0.162. The van der Waals surface area contributed by atoms with Crippen molar-refractivity contribution in [2.24, 2.45) is 5.41 Å². The SMILES string of the molecule is CC(=O)OCC1=C(C(=O)C(C)(C)C)N2C(=O)[C@H](NC(=O)C(F)(F)F)[C@@H]2S(=O)(=O)C1. The number of allylic oxidation sites excluding steroid dienone is 1. The fourth-order valence-electron chi connectivity index (χ4n) is 2.92. The lowest BCUT2D eigenvalue weighted by molar-refractivity contribution is -0.177. The molecule has 2 aliphatic rings. The van der Waals surface area contributed by atoms with Gasteiger partial charge in [-0.3, -0.25) is 24.1 Å². The average Bonchev–Trinajstić information content (AvgIpc) is 2.54. The summed E-state index contributed by atoms with van der Waals surface area (Å²) in [5.74, 6) is -5.88. The fraction of sp³-hybridized carbons (Fsp3) is 0.625. The third-order valence-electron chi connectivity index (χ3n) is 4.25. The molecular formula is C16H19F3N2O7S. The largest absolute Gasteiger partial charge is 0.471 e. The van der Waals surface area contributed by atoms with E-state index in [0.29, 0.717) is 4.90 Å². The van der Waals surface area contributed by atoms with Crippen molar-refractivity contribution >= 4 is 33.4 Å². The van der Waals surface area contributed by atoms with Crippen molar-refractivity contribution in [2.75, 3.05) is 12.4 Å². The summed E-state index contributed by atoms with van der Waals surface area (Å²) in [5, 5.41) is -0.487. The van der Waals surface area contributed by atoms with Gasteiger partial charge >= 0.3 is 18.1 Å². The highest BCUT2D eigenvalue weighted by Gasteiger charge is 2.62. The Kier molecular flexibility index (Phi) is 5.60. The van der Waals surface area contributed by atoms with Crippen LogP contribution in [-0.2, 0) is 33.8 Å². The minimum atomic E-state index is -5.32. The van der Waals surface area contributed by atoms with Crippen molar-refractivity contribution in [1.29, 1.82) is 0 Å². The fourth-order valence-corrected chi connectivity index (χ4v) is 4.92. The Bertz CT molecular complexity index is 916. The number of sulfone groups is 1. The quantitative estimate of drug-likeness (QED) is 0.484. The standard InChI is InChI=1S/C16H19F3N2O7S/c1-7(22)28-5-8-6-29(26,27)13-9(20-14(25)16(17,18)19)12(24)21(13)10(8)11(23)15(2,3)4/h9,13H,5-6H2,1-4H3,(H,20,25)/t9-,13-/m0/s1. The van der Waals surface area contributed by atoms with Crippen LogP contribution in [0.25, 0.3) is 0 Å². The molecule has 1 saturated heterocycles. The number of ether oxygens (including phenoxy) is 1. The predicted molar refractivity (Wildman–Crippen MR) is 90.5 cm³/mol. The number of carbonyl (C=O) groups excluding carboxylic acids is 4. The minimum Gasteiger partial charge on any atom is -0.461 e. The summed E-state index contributed by atoms with van der Waals surface area (Å²) in [4.78, 5) is 48.2. The first kappa shape index (κ1) is 22.8. The lowest BCUT2D eigenvalue weighted by atomic mass is 9.85. The molecule has 2 atom stereocenters. The van der Waals surface area contributed by atoms with E-state index in [1.807, 2.05) is 0 Å². The normalized spacial score (nSPS) is 23.8. The maximum absolute atomic E-state index is 12.9. The molecule has 29 heavy (non-hydrogen) atoms. The number of amides is 2. The maximum atomic E-state index is 12.9. The summed E-state index contributed by atoms with van der Waals surface area (Å²) < 4.78 is 67.5. The zero-order valence-electron chi connectivity index (χ0n) is 15.9. The van der Waals surface area contributed by atoms with Crippen LogP contribution in [0.5, 0.6) is 0 Å². The molecule has 9 nitrogen and oxygen atoms in total. The molecule has 1 N–H and O–H groups in total. The van der Waals surface area contributed by atoms with Crippen LogP contribution in [0.3, 0.4) is 0 Å². The Hall–Kier alpha value is -2.44. The van der Waals surface area contributed by atoms with E-state index < -0.39 is 68.8 Å². The molecule has 0 aromatic rings. The molecule has 0 saturated carbocycles. The highest BCUT2D eigenvalue weighted by Crippen LogP contribution is 2.40. The lowest BCUT2D eigenvalue weighted by Gasteiger charge is -2.50. The Balaban J connectivity index is 2.51. The number of nitrogens with one attached hydrogen (secondary N) is 1. The van der Waals surface area contributed by atoms with Crippen molar-refractivity contribution in [2.45, 2.75) is 45.3 Å². The van der Waals surface area contributed by atoms with E-state index in [0.717, 1.165) is 6.92 Å². The summed E-state index contributed by atoms with van der Waals surface area (Å²) >= 11 is 0. The number of fused-ring (bicyclic) bond motifs is 1. The summed E-state index contributed by atoms with van der Waals surface area (Å²) in [5.41, 5.74) is -1.59. The van der Waals surface area contributed by atoms with Gasteiger partial charge in [0.2, 0.25) is 0 Å². The van der Waals surface area contributed by atoms with Gasteiger partial charge in [-0.15, -0.1) is 0 Å². The van der Waals surface area contributed by atoms with Gasteiger partial charge in [-0.25, -0.2) is 8.42 Å². The van der Waals surface area contributed by atoms with Crippen LogP contribution in [0.1, 0.15) is 27.7 Å². The van der Waals surface area contributed by atoms with Gasteiger partial charge in [-0.2, -0.15) is 13.2 Å². The Morgan fingerprint density at radius 3 is 2.21 bits per heavy atom. The number of alkyl halides is 3. The van der Waals surface area contributed by atoms with Gasteiger partial charge in [0.05, 0.1) is 11.4 Å². The monoisotopic (exact) mass is 440 g/mol. The summed E-state index contributed by atoms with van der Waals surface area (Å²) in [6, 6.07) is -1.98. The molecule has 13 heteroatoms. The van der Waals surface area contributed by atoms with Crippen molar-refractivity contribution in [3.8, 4) is 0 Å². The number of nitrogens with zero attached hydrogens (tertiary/aromatic N) is 1. The lowest BCUT2D eigenvalue weighted by Crippen LogP contribution is -2.75. The van der Waals surface area contributed by atoms with Crippen molar-refractivity contribution < 1.29 is 45.5 Å². The van der Waals surface area contributed by atoms with Crippen LogP contribution in [0.4, 0.5) is 13.2 Å². The number of ketones is 1. The summed E-state index contributed by atoms with van der Waals surface area (Å²) in [6.45, 7) is 4.97. The van der Waals surface area contributed by atoms with Crippen molar-refractivity contribution in [3.05, 3.63) is 11.3 Å². The van der Waals surface area contributed by atoms with E-state index in [-0.39, 0.29) is 11.3 Å². The summed E-state index contributed by atoms with van der Waals surface area (Å²) in [6.07, 6.45) is -5.32. The van der Waals surface area contributed by atoms with E-state index in [2.05, 4.69) is 0 Å². The molecule has 0 aromatic carbocycles. The van der Waals surface area contributed by atoms with Gasteiger partial charge in [0, 0.05) is 17.9 Å². The number of hydrogen-bond acceptors (Lipinski definition) is 7. The van der Waals surface area contributed by atoms with Crippen LogP contribution < -0.4 is 5.32 Å². The van der Waals surface area contributed by atoms with E-state index in [1.165, 1.54) is 26.1 Å². The van der Waals surface area contributed by atoms with E-state index in [9.17, 15) is 40.8 Å². The third kappa shape index (κ3) is 4.28. The maximum Gasteiger partial charge on any atom is 0.471 e. The van der Waals surface area contributed by atoms with E-state index in [4.69, 9.17) is 4.74 Å². The molecule has 1 fully saturated rings. The topological polar surface area (TPSA) is 127 Å². The van der Waals surface area contributed by atoms with E-state index in [1.54, 1.807) is 0 Å². The van der Waals surface area contributed by atoms with Gasteiger partial charge in [-0.05, 0) is 0 Å². The van der Waals surface area contributed by atoms with Gasteiger partial charge in [0.25, 0.3) is 5.91 Å². The van der Waals surface area contributed by atoms with Crippen LogP contribution in [0.2, 0.25) is 0 Å². The summed E-state index contributed by atoms with van der Waals surface area (Å²) in [7, 11) is -4.28. The average molecular weight is 440 g/mol. The number of β-lactam (4-membered cyclic amide) rings is 1. The number of hydrogen-bond donors (Lipinski definition) is 1. The second kappa shape index (κ2) is 7.11. The van der Waals surface area contributed by atoms with Gasteiger partial charge in [0.15, 0.2) is 21.0 Å². The molecular weight excluding hydrogens is 421 g/mol. The van der Waals surface area contributed by atoms with Crippen LogP contribution in [-0.4, -0.2) is 66.8 Å². The molecule has 2 amide bonds. The molecule has 0 aliphatic carbocycles. The highest BCUT2D eigenvalue weighted by atomic mass is 32.2. The first-order chi connectivity index (χ1) is 13.0. The van der Waals surface area contributed by atoms with Gasteiger partial charge < -0.3 is 10.1 Å². The van der Waals surface area contributed by atoms with Crippen LogP contribution in [0.15, 0.2) is 11.3 Å². The van der Waals surface area contributed by atoms with Gasteiger partial charge in [0.1, 0.15) is 12.6 Å². The zero-order valence-corrected chi connectivity index (χ0v) is 16.7. The second-order valence-electron chi connectivity index (χ2n) is 7.67. The van der Waals surface area contributed by atoms with E-state index >= 15 is 0 Å². The number of esters is 1. The molecule has 0 radical (unpaired) electrons. The van der Waals surface area contributed by atoms with Crippen LogP contribution >= 0.6 is 0 Å². The number of rotatable bonds is 4. The Morgan fingerprint density at radius 2 is 1.76 bits per heavy atom. The molecule has 2 heterocycles. The molecule has 162 valence electrons. The first-order valence-corrected chi connectivity index (χ1v) is 10.0. The second-order valence-corrected chi connectivity index (χ2v) is 9.76. The first-order valence-electron chi connectivity index (χ1n) is 8.31. The van der Waals surface area contributed by atoms with Crippen molar-refractivity contribution in [3.63, 3.8) is 0 Å². The Labute approximate surface area is 164 Å². The number of carbonyl (C=O) groups is 4. The smallest absolute Gasteiger partial charge is 0.461 e. The van der Waals surface area contributed by atoms with Crippen molar-refractivity contribution in [1.82, 2.24) is 10.2 Å². The Morgan fingerprint density at radius 1 is 1.21 bits per heavy atom. The molecule has 2 aliphatic heterocycles. The predicted octanol–water partition coefficient (Wildman–Crippen LogP) is 0.0626. The highest BCUT2D eigenvalue weighted by molar-refractivity contribution is 7.92. The third-order valence-corrected chi connectivity index (χ3v) is 6.22. The molecule has 2 rings (SSSR count). The number of Topliss-reactive ketones (excluding diaryl/α,β-unsaturated/α-hetero) is 1. The molecule has 0 unspecified atom stereocenters.